The number of carboxylic acid groups (broad SMARTS) is 1. The van der Waals surface area contributed by atoms with Crippen LogP contribution in [0.15, 0.2) is 18.3 Å². The van der Waals surface area contributed by atoms with Gasteiger partial charge in [-0.25, -0.2) is 14.6 Å². The number of carboxylic acids is 1. The maximum atomic E-state index is 11.9. The second-order valence-corrected chi connectivity index (χ2v) is 4.86. The average molecular weight is 278 g/mol. The maximum Gasteiger partial charge on any atom is 0.354 e. The summed E-state index contributed by atoms with van der Waals surface area (Å²) >= 11 is 0. The van der Waals surface area contributed by atoms with Gasteiger partial charge in [0.15, 0.2) is 0 Å². The first kappa shape index (κ1) is 14.3. The molecule has 1 saturated heterocycles. The second kappa shape index (κ2) is 6.33. The molecule has 2 amide bonds. The number of nitrogens with one attached hydrogen (secondary N) is 1. The fourth-order valence-electron chi connectivity index (χ4n) is 2.14. The Labute approximate surface area is 116 Å². The smallest absolute Gasteiger partial charge is 0.354 e. The van der Waals surface area contributed by atoms with Crippen LogP contribution < -0.4 is 11.1 Å². The van der Waals surface area contributed by atoms with Crippen molar-refractivity contribution in [3.8, 4) is 0 Å². The van der Waals surface area contributed by atoms with Crippen molar-refractivity contribution in [1.29, 1.82) is 0 Å². The highest BCUT2D eigenvalue weighted by molar-refractivity contribution is 5.85. The SMILES string of the molecule is NC1CCCN(C(=O)NCc2ccc(C(=O)O)nc2)C1. The largest absolute Gasteiger partial charge is 0.477 e. The molecule has 1 fully saturated rings. The second-order valence-electron chi connectivity index (χ2n) is 4.86. The molecule has 1 aliphatic rings. The summed E-state index contributed by atoms with van der Waals surface area (Å²) in [4.78, 5) is 28.1. The minimum absolute atomic E-state index is 0.0120. The molecule has 0 bridgehead atoms. The maximum absolute atomic E-state index is 11.9. The molecule has 4 N–H and O–H groups in total. The molecule has 20 heavy (non-hydrogen) atoms. The molecule has 2 heterocycles. The van der Waals surface area contributed by atoms with E-state index in [1.165, 1.54) is 12.3 Å². The monoisotopic (exact) mass is 278 g/mol. The Balaban J connectivity index is 1.85. The third kappa shape index (κ3) is 3.67. The number of nitrogens with zero attached hydrogens (tertiary/aromatic N) is 2. The number of likely N-dealkylation sites (tertiary alicyclic amines) is 1. The summed E-state index contributed by atoms with van der Waals surface area (Å²) in [5.41, 5.74) is 6.57. The van der Waals surface area contributed by atoms with Crippen molar-refractivity contribution in [2.24, 2.45) is 5.73 Å². The van der Waals surface area contributed by atoms with E-state index < -0.39 is 5.97 Å². The van der Waals surface area contributed by atoms with E-state index in [0.717, 1.165) is 24.9 Å². The van der Waals surface area contributed by atoms with E-state index >= 15 is 0 Å². The lowest BCUT2D eigenvalue weighted by Gasteiger charge is -2.30. The first-order valence-electron chi connectivity index (χ1n) is 6.53. The highest BCUT2D eigenvalue weighted by atomic mass is 16.4. The molecule has 1 aliphatic heterocycles. The number of rotatable bonds is 3. The zero-order chi connectivity index (χ0) is 14.5. The molecule has 1 atom stereocenters. The number of carbonyl (C=O) groups is 2. The third-order valence-corrected chi connectivity index (χ3v) is 3.23. The topological polar surface area (TPSA) is 109 Å². The zero-order valence-electron chi connectivity index (χ0n) is 11.1. The van der Waals surface area contributed by atoms with Crippen molar-refractivity contribution in [2.45, 2.75) is 25.4 Å². The molecule has 1 unspecified atom stereocenters. The Morgan fingerprint density at radius 3 is 2.90 bits per heavy atom. The number of amides is 2. The Kier molecular flexibility index (Phi) is 4.52. The van der Waals surface area contributed by atoms with E-state index in [0.29, 0.717) is 13.1 Å². The first-order chi connectivity index (χ1) is 9.56. The number of nitrogens with two attached hydrogens (primary N) is 1. The Bertz CT molecular complexity index is 489. The minimum Gasteiger partial charge on any atom is -0.477 e. The molecule has 0 saturated carbocycles. The van der Waals surface area contributed by atoms with Crippen LogP contribution >= 0.6 is 0 Å². The molecule has 7 nitrogen and oxygen atoms in total. The number of piperidine rings is 1. The minimum atomic E-state index is -1.07. The van der Waals surface area contributed by atoms with E-state index in [2.05, 4.69) is 10.3 Å². The number of carbonyl (C=O) groups excluding carboxylic acids is 1. The fourth-order valence-corrected chi connectivity index (χ4v) is 2.14. The highest BCUT2D eigenvalue weighted by Crippen LogP contribution is 2.08. The van der Waals surface area contributed by atoms with Crippen molar-refractivity contribution in [3.05, 3.63) is 29.6 Å². The Morgan fingerprint density at radius 1 is 1.50 bits per heavy atom. The number of pyridine rings is 1. The van der Waals surface area contributed by atoms with Crippen molar-refractivity contribution < 1.29 is 14.7 Å². The van der Waals surface area contributed by atoms with Gasteiger partial charge in [-0.3, -0.25) is 0 Å². The summed E-state index contributed by atoms with van der Waals surface area (Å²) in [6, 6.07) is 2.95. The van der Waals surface area contributed by atoms with Crippen molar-refractivity contribution in [3.63, 3.8) is 0 Å². The molecule has 7 heteroatoms. The predicted molar refractivity (Wildman–Crippen MR) is 72.2 cm³/mol. The van der Waals surface area contributed by atoms with Crippen molar-refractivity contribution >= 4 is 12.0 Å². The summed E-state index contributed by atoms with van der Waals surface area (Å²) in [6.07, 6.45) is 3.32. The van der Waals surface area contributed by atoms with Gasteiger partial charge in [0.2, 0.25) is 0 Å². The average Bonchev–Trinajstić information content (AvgIpc) is 2.45. The molecule has 1 aromatic heterocycles. The number of urea groups is 1. The first-order valence-corrected chi connectivity index (χ1v) is 6.53. The summed E-state index contributed by atoms with van der Waals surface area (Å²) < 4.78 is 0. The van der Waals surface area contributed by atoms with Gasteiger partial charge < -0.3 is 21.1 Å². The van der Waals surface area contributed by atoms with Gasteiger partial charge in [-0.2, -0.15) is 0 Å². The Hall–Kier alpha value is -2.15. The van der Waals surface area contributed by atoms with Gasteiger partial charge in [-0.05, 0) is 24.5 Å². The molecule has 0 spiro atoms. The van der Waals surface area contributed by atoms with Crippen LogP contribution in [0.2, 0.25) is 0 Å². The molecule has 108 valence electrons. The summed E-state index contributed by atoms with van der Waals surface area (Å²) in [5.74, 6) is -1.07. The van der Waals surface area contributed by atoms with Crippen LogP contribution in [0.3, 0.4) is 0 Å². The van der Waals surface area contributed by atoms with Crippen molar-refractivity contribution in [1.82, 2.24) is 15.2 Å². The highest BCUT2D eigenvalue weighted by Gasteiger charge is 2.20. The normalized spacial score (nSPS) is 18.6. The zero-order valence-corrected chi connectivity index (χ0v) is 11.1. The molecule has 0 radical (unpaired) electrons. The van der Waals surface area contributed by atoms with Crippen LogP contribution in [0.1, 0.15) is 28.9 Å². The number of hydrogen-bond donors (Lipinski definition) is 3. The number of aromatic nitrogens is 1. The summed E-state index contributed by atoms with van der Waals surface area (Å²) in [5, 5.41) is 11.5. The van der Waals surface area contributed by atoms with E-state index in [-0.39, 0.29) is 17.8 Å². The van der Waals surface area contributed by atoms with Gasteiger partial charge in [0.25, 0.3) is 0 Å². The Morgan fingerprint density at radius 2 is 2.30 bits per heavy atom. The van der Waals surface area contributed by atoms with Gasteiger partial charge in [0, 0.05) is 31.9 Å². The fraction of sp³-hybridized carbons (Fsp3) is 0.462. The predicted octanol–water partition coefficient (Wildman–Crippen LogP) is 0.413. The van der Waals surface area contributed by atoms with Crippen LogP contribution in [-0.2, 0) is 6.54 Å². The lowest BCUT2D eigenvalue weighted by atomic mass is 10.1. The van der Waals surface area contributed by atoms with E-state index in [9.17, 15) is 9.59 Å². The number of aromatic carboxylic acids is 1. The van der Waals surface area contributed by atoms with Gasteiger partial charge in [0.05, 0.1) is 0 Å². The lowest BCUT2D eigenvalue weighted by molar-refractivity contribution is 0.0690. The molecule has 0 aromatic carbocycles. The van der Waals surface area contributed by atoms with Gasteiger partial charge in [-0.1, -0.05) is 6.07 Å². The van der Waals surface area contributed by atoms with E-state index in [1.54, 1.807) is 11.0 Å². The molecular weight excluding hydrogens is 260 g/mol. The van der Waals surface area contributed by atoms with Crippen LogP contribution in [0.25, 0.3) is 0 Å². The van der Waals surface area contributed by atoms with Gasteiger partial charge in [-0.15, -0.1) is 0 Å². The van der Waals surface area contributed by atoms with E-state index in [1.807, 2.05) is 0 Å². The molecule has 0 aliphatic carbocycles. The number of hydrogen-bond acceptors (Lipinski definition) is 4. The quantitative estimate of drug-likeness (QED) is 0.742. The standard InChI is InChI=1S/C13H18N4O3/c14-10-2-1-5-17(8-10)13(20)16-7-9-3-4-11(12(18)19)15-6-9/h3-4,6,10H,1-2,5,7-8,14H2,(H,16,20)(H,18,19). The van der Waals surface area contributed by atoms with Gasteiger partial charge in [0.1, 0.15) is 5.69 Å². The lowest BCUT2D eigenvalue weighted by Crippen LogP contribution is -2.49. The molecule has 2 rings (SSSR count). The van der Waals surface area contributed by atoms with E-state index in [4.69, 9.17) is 10.8 Å². The van der Waals surface area contributed by atoms with Crippen molar-refractivity contribution in [2.75, 3.05) is 13.1 Å². The van der Waals surface area contributed by atoms with Crippen LogP contribution in [0.5, 0.6) is 0 Å². The van der Waals surface area contributed by atoms with Gasteiger partial charge >= 0.3 is 12.0 Å². The summed E-state index contributed by atoms with van der Waals surface area (Å²) in [7, 11) is 0. The van der Waals surface area contributed by atoms with Crippen LogP contribution in [-0.4, -0.2) is 46.1 Å². The summed E-state index contributed by atoms with van der Waals surface area (Å²) in [6.45, 7) is 1.61. The van der Waals surface area contributed by atoms with Crippen LogP contribution in [0, 0.1) is 0 Å². The molecule has 1 aromatic rings. The third-order valence-electron chi connectivity index (χ3n) is 3.23. The molecular formula is C13H18N4O3. The van der Waals surface area contributed by atoms with Crippen LogP contribution in [0.4, 0.5) is 4.79 Å².